The third-order valence-electron chi connectivity index (χ3n) is 4.04. The van der Waals surface area contributed by atoms with Gasteiger partial charge in [0.15, 0.2) is 11.6 Å². The average molecular weight is 344 g/mol. The van der Waals surface area contributed by atoms with Crippen molar-refractivity contribution in [2.45, 2.75) is 31.7 Å². The van der Waals surface area contributed by atoms with Crippen molar-refractivity contribution in [3.8, 4) is 5.75 Å². The molecular formula is C16H25FN2O3S. The van der Waals surface area contributed by atoms with E-state index in [4.69, 9.17) is 4.74 Å². The normalized spacial score (nSPS) is 19.7. The highest BCUT2D eigenvalue weighted by Crippen LogP contribution is 2.19. The maximum Gasteiger partial charge on any atom is 0.208 e. The number of ether oxygens (including phenoxy) is 1. The number of sulfonamides is 1. The van der Waals surface area contributed by atoms with Crippen LogP contribution < -0.4 is 9.46 Å². The summed E-state index contributed by atoms with van der Waals surface area (Å²) in [7, 11) is -1.70. The lowest BCUT2D eigenvalue weighted by atomic mass is 10.1. The van der Waals surface area contributed by atoms with Crippen LogP contribution in [0.15, 0.2) is 18.2 Å². The Balaban J connectivity index is 1.78. The van der Waals surface area contributed by atoms with Crippen LogP contribution in [-0.2, 0) is 16.4 Å². The molecule has 0 aromatic heterocycles. The Labute approximate surface area is 137 Å². The second-order valence-electron chi connectivity index (χ2n) is 6.10. The van der Waals surface area contributed by atoms with Gasteiger partial charge in [0.05, 0.1) is 13.4 Å². The number of aryl methyl sites for hydroxylation is 1. The second-order valence-corrected chi connectivity index (χ2v) is 7.88. The van der Waals surface area contributed by atoms with E-state index in [0.717, 1.165) is 50.9 Å². The van der Waals surface area contributed by atoms with Gasteiger partial charge >= 0.3 is 0 Å². The summed E-state index contributed by atoms with van der Waals surface area (Å²) >= 11 is 0. The van der Waals surface area contributed by atoms with Gasteiger partial charge in [0.2, 0.25) is 10.0 Å². The van der Waals surface area contributed by atoms with Gasteiger partial charge in [0.25, 0.3) is 0 Å². The van der Waals surface area contributed by atoms with Gasteiger partial charge in [-0.1, -0.05) is 6.07 Å². The molecule has 0 saturated carbocycles. The molecule has 1 aliphatic rings. The molecular weight excluding hydrogens is 319 g/mol. The highest BCUT2D eigenvalue weighted by atomic mass is 32.2. The van der Waals surface area contributed by atoms with Gasteiger partial charge in [0.1, 0.15) is 0 Å². The van der Waals surface area contributed by atoms with E-state index in [1.54, 1.807) is 6.07 Å². The first kappa shape index (κ1) is 18.2. The Morgan fingerprint density at radius 3 is 2.87 bits per heavy atom. The number of piperidine rings is 1. The number of hydrogen-bond donors (Lipinski definition) is 1. The molecule has 0 spiro atoms. The number of nitrogens with zero attached hydrogens (tertiary/aromatic N) is 1. The van der Waals surface area contributed by atoms with E-state index in [2.05, 4.69) is 9.62 Å². The fraction of sp³-hybridized carbons (Fsp3) is 0.625. The minimum atomic E-state index is -3.15. The molecule has 1 aliphatic heterocycles. The predicted molar refractivity (Wildman–Crippen MR) is 88.7 cm³/mol. The number of methoxy groups -OCH3 is 1. The maximum absolute atomic E-state index is 13.6. The summed E-state index contributed by atoms with van der Waals surface area (Å²) in [5.41, 5.74) is 0.950. The molecule has 23 heavy (non-hydrogen) atoms. The number of benzene rings is 1. The van der Waals surface area contributed by atoms with Crippen molar-refractivity contribution in [1.29, 1.82) is 0 Å². The highest BCUT2D eigenvalue weighted by Gasteiger charge is 2.21. The van der Waals surface area contributed by atoms with E-state index in [-0.39, 0.29) is 17.6 Å². The van der Waals surface area contributed by atoms with Crippen LogP contribution in [0.2, 0.25) is 0 Å². The number of halogens is 1. The monoisotopic (exact) mass is 344 g/mol. The predicted octanol–water partition coefficient (Wildman–Crippen LogP) is 1.78. The molecule has 0 bridgehead atoms. The fourth-order valence-corrected chi connectivity index (χ4v) is 3.83. The SMILES string of the molecule is COc1ccc(CCCN2CCC[C@@H](NS(C)(=O)=O)C2)cc1F. The Morgan fingerprint density at radius 1 is 1.43 bits per heavy atom. The van der Waals surface area contributed by atoms with Crippen LogP contribution in [0.4, 0.5) is 4.39 Å². The summed E-state index contributed by atoms with van der Waals surface area (Å²) in [6.07, 6.45) is 4.78. The summed E-state index contributed by atoms with van der Waals surface area (Å²) in [6.45, 7) is 2.61. The Morgan fingerprint density at radius 2 is 2.22 bits per heavy atom. The molecule has 1 aromatic carbocycles. The lowest BCUT2D eigenvalue weighted by molar-refractivity contribution is 0.200. The number of nitrogens with one attached hydrogen (secondary N) is 1. The molecule has 5 nitrogen and oxygen atoms in total. The van der Waals surface area contributed by atoms with Gasteiger partial charge in [-0.15, -0.1) is 0 Å². The lowest BCUT2D eigenvalue weighted by Crippen LogP contribution is -2.47. The van der Waals surface area contributed by atoms with Gasteiger partial charge in [-0.2, -0.15) is 0 Å². The summed E-state index contributed by atoms with van der Waals surface area (Å²) < 4.78 is 43.9. The molecule has 7 heteroatoms. The molecule has 1 saturated heterocycles. The Bertz CT molecular complexity index is 622. The highest BCUT2D eigenvalue weighted by molar-refractivity contribution is 7.88. The first-order valence-corrected chi connectivity index (χ1v) is 9.78. The van der Waals surface area contributed by atoms with Crippen molar-refractivity contribution in [2.75, 3.05) is 33.0 Å². The largest absolute Gasteiger partial charge is 0.494 e. The first-order valence-electron chi connectivity index (χ1n) is 7.89. The molecule has 0 aliphatic carbocycles. The standard InChI is InChI=1S/C16H25FN2O3S/c1-22-16-8-7-13(11-15(16)17)5-3-9-19-10-4-6-14(12-19)18-23(2,20)21/h7-8,11,14,18H,3-6,9-10,12H2,1-2H3/t14-/m1/s1. The van der Waals surface area contributed by atoms with Gasteiger partial charge in [-0.3, -0.25) is 0 Å². The maximum atomic E-state index is 13.6. The van der Waals surface area contributed by atoms with Gasteiger partial charge in [0, 0.05) is 12.6 Å². The molecule has 1 N–H and O–H groups in total. The van der Waals surface area contributed by atoms with Crippen molar-refractivity contribution in [1.82, 2.24) is 9.62 Å². The molecule has 1 aromatic rings. The molecule has 0 radical (unpaired) electrons. The fourth-order valence-electron chi connectivity index (χ4n) is 3.03. The van der Waals surface area contributed by atoms with Crippen LogP contribution in [0.25, 0.3) is 0 Å². The summed E-state index contributed by atoms with van der Waals surface area (Å²) in [6, 6.07) is 5.05. The topological polar surface area (TPSA) is 58.6 Å². The van der Waals surface area contributed by atoms with Crippen LogP contribution in [0, 0.1) is 5.82 Å². The molecule has 0 unspecified atom stereocenters. The summed E-state index contributed by atoms with van der Waals surface area (Å²) in [4.78, 5) is 2.27. The smallest absolute Gasteiger partial charge is 0.208 e. The Kier molecular flexibility index (Phi) is 6.38. The van der Waals surface area contributed by atoms with Gasteiger partial charge in [-0.05, 0) is 56.5 Å². The zero-order valence-corrected chi connectivity index (χ0v) is 14.5. The van der Waals surface area contributed by atoms with E-state index in [9.17, 15) is 12.8 Å². The van der Waals surface area contributed by atoms with Crippen LogP contribution in [-0.4, -0.2) is 52.4 Å². The lowest BCUT2D eigenvalue weighted by Gasteiger charge is -2.32. The van der Waals surface area contributed by atoms with E-state index < -0.39 is 10.0 Å². The molecule has 1 atom stereocenters. The van der Waals surface area contributed by atoms with Crippen molar-refractivity contribution in [3.63, 3.8) is 0 Å². The van der Waals surface area contributed by atoms with Crippen LogP contribution >= 0.6 is 0 Å². The van der Waals surface area contributed by atoms with Crippen LogP contribution in [0.3, 0.4) is 0 Å². The number of rotatable bonds is 7. The molecule has 2 rings (SSSR count). The van der Waals surface area contributed by atoms with Crippen molar-refractivity contribution in [2.24, 2.45) is 0 Å². The average Bonchev–Trinajstić information content (AvgIpc) is 2.46. The number of hydrogen-bond acceptors (Lipinski definition) is 4. The van der Waals surface area contributed by atoms with E-state index in [0.29, 0.717) is 0 Å². The van der Waals surface area contributed by atoms with Crippen molar-refractivity contribution < 1.29 is 17.5 Å². The zero-order chi connectivity index (χ0) is 16.9. The number of likely N-dealkylation sites (tertiary alicyclic amines) is 1. The van der Waals surface area contributed by atoms with Crippen molar-refractivity contribution >= 4 is 10.0 Å². The second kappa shape index (κ2) is 8.08. The first-order chi connectivity index (χ1) is 10.9. The Hall–Kier alpha value is -1.18. The molecule has 1 heterocycles. The van der Waals surface area contributed by atoms with Crippen LogP contribution in [0.5, 0.6) is 5.75 Å². The molecule has 0 amide bonds. The van der Waals surface area contributed by atoms with Crippen molar-refractivity contribution in [3.05, 3.63) is 29.6 Å². The summed E-state index contributed by atoms with van der Waals surface area (Å²) in [5.74, 6) is -0.0696. The van der Waals surface area contributed by atoms with E-state index in [1.165, 1.54) is 19.4 Å². The minimum absolute atomic E-state index is 0.00261. The van der Waals surface area contributed by atoms with Gasteiger partial charge < -0.3 is 9.64 Å². The third-order valence-corrected chi connectivity index (χ3v) is 4.80. The summed E-state index contributed by atoms with van der Waals surface area (Å²) in [5, 5.41) is 0. The van der Waals surface area contributed by atoms with E-state index in [1.807, 2.05) is 6.07 Å². The molecule has 130 valence electrons. The molecule has 1 fully saturated rings. The minimum Gasteiger partial charge on any atom is -0.494 e. The van der Waals surface area contributed by atoms with E-state index >= 15 is 0 Å². The third kappa shape index (κ3) is 6.08. The zero-order valence-electron chi connectivity index (χ0n) is 13.7. The quantitative estimate of drug-likeness (QED) is 0.819. The van der Waals surface area contributed by atoms with Gasteiger partial charge in [-0.25, -0.2) is 17.5 Å². The van der Waals surface area contributed by atoms with Crippen LogP contribution in [0.1, 0.15) is 24.8 Å².